The van der Waals surface area contributed by atoms with Crippen LogP contribution in [0, 0.1) is 0 Å². The Morgan fingerprint density at radius 1 is 1.38 bits per heavy atom. The topological polar surface area (TPSA) is 62.8 Å². The smallest absolute Gasteiger partial charge is 0.251 e. The Labute approximate surface area is 135 Å². The molecule has 1 N–H and O–H groups in total. The van der Waals surface area contributed by atoms with E-state index in [9.17, 15) is 9.59 Å². The number of hydrogen-bond acceptors (Lipinski definition) is 4. The highest BCUT2D eigenvalue weighted by atomic mass is 79.9. The molecule has 110 valence electrons. The number of carbonyl (C=O) groups is 1. The number of hydrogen-bond donors (Lipinski definition) is 1. The van der Waals surface area contributed by atoms with Crippen LogP contribution in [-0.4, -0.2) is 21.5 Å². The maximum atomic E-state index is 12.2. The Kier molecular flexibility index (Phi) is 5.76. The molecule has 0 amide bonds. The fourth-order valence-electron chi connectivity index (χ4n) is 1.84. The Bertz CT molecular complexity index is 700. The minimum atomic E-state index is -0.177. The molecular weight excluding hydrogens is 352 g/mol. The van der Waals surface area contributed by atoms with Gasteiger partial charge in [-0.3, -0.25) is 9.59 Å². The summed E-state index contributed by atoms with van der Waals surface area (Å²) >= 11 is 4.61. The Morgan fingerprint density at radius 2 is 2.14 bits per heavy atom. The van der Waals surface area contributed by atoms with E-state index in [1.165, 1.54) is 17.8 Å². The predicted octanol–water partition coefficient (Wildman–Crippen LogP) is 3.46. The van der Waals surface area contributed by atoms with Crippen molar-refractivity contribution < 1.29 is 4.79 Å². The van der Waals surface area contributed by atoms with Gasteiger partial charge in [-0.15, -0.1) is 0 Å². The van der Waals surface area contributed by atoms with Crippen molar-refractivity contribution in [3.63, 3.8) is 0 Å². The van der Waals surface area contributed by atoms with E-state index >= 15 is 0 Å². The van der Waals surface area contributed by atoms with Gasteiger partial charge < -0.3 is 4.98 Å². The fourth-order valence-corrected chi connectivity index (χ4v) is 3.12. The van der Waals surface area contributed by atoms with Gasteiger partial charge in [-0.05, 0) is 12.5 Å². The minimum absolute atomic E-state index is 0.00369. The molecule has 0 aliphatic rings. The summed E-state index contributed by atoms with van der Waals surface area (Å²) < 4.78 is 0.775. The third kappa shape index (κ3) is 4.54. The SMILES string of the molecule is CCCc1cc(=O)[nH]c(SCC(=O)c2ccccc2Br)n1. The van der Waals surface area contributed by atoms with E-state index in [-0.39, 0.29) is 17.1 Å². The second-order valence-electron chi connectivity index (χ2n) is 4.48. The second kappa shape index (κ2) is 7.56. The number of aromatic nitrogens is 2. The summed E-state index contributed by atoms with van der Waals surface area (Å²) in [4.78, 5) is 30.7. The molecule has 0 fully saturated rings. The van der Waals surface area contributed by atoms with Crippen LogP contribution in [0.15, 0.2) is 44.8 Å². The average molecular weight is 367 g/mol. The summed E-state index contributed by atoms with van der Waals surface area (Å²) in [5.41, 5.74) is 1.22. The molecule has 0 aliphatic heterocycles. The third-order valence-corrected chi connectivity index (χ3v) is 4.36. The molecule has 0 aliphatic carbocycles. The van der Waals surface area contributed by atoms with Crippen molar-refractivity contribution in [3.8, 4) is 0 Å². The molecule has 1 heterocycles. The molecule has 1 aromatic heterocycles. The highest BCUT2D eigenvalue weighted by molar-refractivity contribution is 9.10. The van der Waals surface area contributed by atoms with Gasteiger partial charge in [0.25, 0.3) is 5.56 Å². The minimum Gasteiger partial charge on any atom is -0.301 e. The van der Waals surface area contributed by atoms with E-state index in [0.29, 0.717) is 10.7 Å². The maximum Gasteiger partial charge on any atom is 0.251 e. The molecular formula is C15H15BrN2O2S. The van der Waals surface area contributed by atoms with Crippen LogP contribution in [0.1, 0.15) is 29.4 Å². The van der Waals surface area contributed by atoms with Crippen LogP contribution in [0.4, 0.5) is 0 Å². The first-order valence-electron chi connectivity index (χ1n) is 6.61. The van der Waals surface area contributed by atoms with Crippen molar-refractivity contribution in [2.24, 2.45) is 0 Å². The fraction of sp³-hybridized carbons (Fsp3) is 0.267. The van der Waals surface area contributed by atoms with Crippen LogP contribution in [0.25, 0.3) is 0 Å². The number of aromatic amines is 1. The number of aryl methyl sites for hydroxylation is 1. The van der Waals surface area contributed by atoms with Gasteiger partial charge >= 0.3 is 0 Å². The highest BCUT2D eigenvalue weighted by Crippen LogP contribution is 2.20. The van der Waals surface area contributed by atoms with Crippen molar-refractivity contribution in [3.05, 3.63) is 56.4 Å². The molecule has 1 aromatic carbocycles. The van der Waals surface area contributed by atoms with E-state index in [2.05, 4.69) is 25.9 Å². The van der Waals surface area contributed by atoms with Crippen LogP contribution in [-0.2, 0) is 6.42 Å². The van der Waals surface area contributed by atoms with Gasteiger partial charge in [0.2, 0.25) is 0 Å². The van der Waals surface area contributed by atoms with Crippen LogP contribution in [0.5, 0.6) is 0 Å². The highest BCUT2D eigenvalue weighted by Gasteiger charge is 2.11. The molecule has 6 heteroatoms. The zero-order chi connectivity index (χ0) is 15.2. The first kappa shape index (κ1) is 16.0. The van der Waals surface area contributed by atoms with Gasteiger partial charge in [-0.1, -0.05) is 59.2 Å². The maximum absolute atomic E-state index is 12.2. The zero-order valence-electron chi connectivity index (χ0n) is 11.6. The van der Waals surface area contributed by atoms with E-state index < -0.39 is 0 Å². The molecule has 4 nitrogen and oxygen atoms in total. The molecule has 21 heavy (non-hydrogen) atoms. The van der Waals surface area contributed by atoms with Gasteiger partial charge in [0.15, 0.2) is 10.9 Å². The van der Waals surface area contributed by atoms with Crippen molar-refractivity contribution in [1.29, 1.82) is 0 Å². The first-order chi connectivity index (χ1) is 10.1. The molecule has 0 atom stereocenters. The molecule has 0 saturated carbocycles. The zero-order valence-corrected chi connectivity index (χ0v) is 14.0. The Morgan fingerprint density at radius 3 is 2.86 bits per heavy atom. The number of carbonyl (C=O) groups excluding carboxylic acids is 1. The number of rotatable bonds is 6. The van der Waals surface area contributed by atoms with Gasteiger partial charge in [-0.25, -0.2) is 4.98 Å². The van der Waals surface area contributed by atoms with Crippen LogP contribution in [0.2, 0.25) is 0 Å². The third-order valence-electron chi connectivity index (χ3n) is 2.79. The quantitative estimate of drug-likeness (QED) is 0.483. The van der Waals surface area contributed by atoms with Gasteiger partial charge in [-0.2, -0.15) is 0 Å². The summed E-state index contributed by atoms with van der Waals surface area (Å²) in [6.45, 7) is 2.03. The molecule has 0 unspecified atom stereocenters. The lowest BCUT2D eigenvalue weighted by Gasteiger charge is -2.04. The lowest BCUT2D eigenvalue weighted by Crippen LogP contribution is -2.11. The van der Waals surface area contributed by atoms with Crippen molar-refractivity contribution in [1.82, 2.24) is 9.97 Å². The van der Waals surface area contributed by atoms with E-state index in [4.69, 9.17) is 0 Å². The van der Waals surface area contributed by atoms with E-state index in [0.717, 1.165) is 23.0 Å². The number of halogens is 1. The summed E-state index contributed by atoms with van der Waals surface area (Å²) in [5, 5.41) is 0.492. The number of nitrogens with one attached hydrogen (secondary N) is 1. The van der Waals surface area contributed by atoms with Crippen LogP contribution in [0.3, 0.4) is 0 Å². The number of thioether (sulfide) groups is 1. The van der Waals surface area contributed by atoms with E-state index in [1.807, 2.05) is 25.1 Å². The van der Waals surface area contributed by atoms with Crippen LogP contribution >= 0.6 is 27.7 Å². The van der Waals surface area contributed by atoms with Gasteiger partial charge in [0.1, 0.15) is 0 Å². The number of Topliss-reactive ketones (excluding diaryl/α,β-unsaturated/α-hetero) is 1. The standard InChI is InChI=1S/C15H15BrN2O2S/c1-2-5-10-8-14(20)18-15(17-10)21-9-13(19)11-6-3-4-7-12(11)16/h3-4,6-8H,2,5,9H2,1H3,(H,17,18,20). The molecule has 0 spiro atoms. The van der Waals surface area contributed by atoms with Crippen molar-refractivity contribution >= 4 is 33.5 Å². The molecule has 2 aromatic rings. The molecule has 2 rings (SSSR count). The largest absolute Gasteiger partial charge is 0.301 e. The number of nitrogens with zero attached hydrogens (tertiary/aromatic N) is 1. The lowest BCUT2D eigenvalue weighted by atomic mass is 10.1. The monoisotopic (exact) mass is 366 g/mol. The molecule has 0 saturated heterocycles. The first-order valence-corrected chi connectivity index (χ1v) is 8.38. The van der Waals surface area contributed by atoms with Crippen molar-refractivity contribution in [2.75, 3.05) is 5.75 Å². The lowest BCUT2D eigenvalue weighted by molar-refractivity contribution is 0.102. The molecule has 0 bridgehead atoms. The Balaban J connectivity index is 2.08. The number of ketones is 1. The van der Waals surface area contributed by atoms with Crippen molar-refractivity contribution in [2.45, 2.75) is 24.9 Å². The van der Waals surface area contributed by atoms with Gasteiger partial charge in [0, 0.05) is 21.8 Å². The summed E-state index contributed by atoms with van der Waals surface area (Å²) in [6, 6.07) is 8.80. The number of benzene rings is 1. The molecule has 0 radical (unpaired) electrons. The second-order valence-corrected chi connectivity index (χ2v) is 6.30. The normalized spacial score (nSPS) is 10.6. The van der Waals surface area contributed by atoms with Crippen LogP contribution < -0.4 is 5.56 Å². The van der Waals surface area contributed by atoms with E-state index in [1.54, 1.807) is 6.07 Å². The summed E-state index contributed by atoms with van der Waals surface area (Å²) in [6.07, 6.45) is 1.69. The van der Waals surface area contributed by atoms with Gasteiger partial charge in [0.05, 0.1) is 5.75 Å². The summed E-state index contributed by atoms with van der Waals surface area (Å²) in [7, 11) is 0. The number of H-pyrrole nitrogens is 1. The summed E-state index contributed by atoms with van der Waals surface area (Å²) in [5.74, 6) is 0.234. The predicted molar refractivity (Wildman–Crippen MR) is 88.0 cm³/mol. The average Bonchev–Trinajstić information content (AvgIpc) is 2.45. The Hall–Kier alpha value is -1.40.